The first-order chi connectivity index (χ1) is 11.9. The lowest BCUT2D eigenvalue weighted by Crippen LogP contribution is -2.34. The third kappa shape index (κ3) is 2.99. The second-order valence-electron chi connectivity index (χ2n) is 7.14. The van der Waals surface area contributed by atoms with Crippen LogP contribution in [0.4, 0.5) is 0 Å². The van der Waals surface area contributed by atoms with E-state index in [1.807, 2.05) is 10.6 Å². The molecule has 2 aromatic rings. The number of rotatable bonds is 6. The molecule has 0 amide bonds. The van der Waals surface area contributed by atoms with E-state index < -0.39 is 11.4 Å². The van der Waals surface area contributed by atoms with Crippen LogP contribution in [0.3, 0.4) is 0 Å². The maximum atomic E-state index is 12.9. The maximum Gasteiger partial charge on any atom is 0.315 e. The summed E-state index contributed by atoms with van der Waals surface area (Å²) in [7, 11) is 0. The molecule has 1 aliphatic heterocycles. The molecule has 0 saturated carbocycles. The van der Waals surface area contributed by atoms with Crippen LogP contribution in [-0.4, -0.2) is 21.4 Å². The first kappa shape index (κ1) is 17.7. The van der Waals surface area contributed by atoms with Crippen LogP contribution in [0.1, 0.15) is 54.9 Å². The zero-order chi connectivity index (χ0) is 18.2. The molecule has 1 atom stereocenters. The van der Waals surface area contributed by atoms with Gasteiger partial charge < -0.3 is 9.67 Å². The molecule has 25 heavy (non-hydrogen) atoms. The number of halogens is 1. The summed E-state index contributed by atoms with van der Waals surface area (Å²) in [5.74, 6) is -0.581. The van der Waals surface area contributed by atoms with Gasteiger partial charge in [-0.3, -0.25) is 9.59 Å². The molecular formula is C20H22ClNO3. The molecule has 3 rings (SSSR count). The molecule has 0 bridgehead atoms. The molecule has 1 N–H and O–H groups in total. The Hall–Kier alpha value is -2.07. The summed E-state index contributed by atoms with van der Waals surface area (Å²) in [6.07, 6.45) is 1.87. The fraction of sp³-hybridized carbons (Fsp3) is 0.400. The normalized spacial score (nSPS) is 19.2. The Balaban J connectivity index is 2.05. The summed E-state index contributed by atoms with van der Waals surface area (Å²) in [5.41, 5.74) is 0.657. The van der Waals surface area contributed by atoms with E-state index in [0.717, 1.165) is 6.42 Å². The molecule has 0 fully saturated rings. The number of hydrogen-bond acceptors (Lipinski definition) is 2. The Bertz CT molecular complexity index is 810. The average Bonchev–Trinajstić information content (AvgIpc) is 3.09. The maximum absolute atomic E-state index is 12.9. The van der Waals surface area contributed by atoms with Gasteiger partial charge in [-0.2, -0.15) is 0 Å². The van der Waals surface area contributed by atoms with Gasteiger partial charge in [-0.05, 0) is 31.2 Å². The molecule has 0 radical (unpaired) electrons. The van der Waals surface area contributed by atoms with E-state index in [4.69, 9.17) is 11.6 Å². The topological polar surface area (TPSA) is 59.3 Å². The summed E-state index contributed by atoms with van der Waals surface area (Å²) < 4.78 is 1.81. The predicted molar refractivity (Wildman–Crippen MR) is 97.3 cm³/mol. The number of nitrogens with zero attached hydrogens (tertiary/aromatic N) is 1. The van der Waals surface area contributed by atoms with Crippen molar-refractivity contribution in [2.24, 2.45) is 5.92 Å². The highest BCUT2D eigenvalue weighted by molar-refractivity contribution is 6.35. The SMILES string of the molecule is CC(C)CCC1(C(=O)O)CCn2c1cc(Cl)c2C(=O)c1ccccc1. The van der Waals surface area contributed by atoms with E-state index in [1.54, 1.807) is 30.3 Å². The highest BCUT2D eigenvalue weighted by Crippen LogP contribution is 2.44. The van der Waals surface area contributed by atoms with Gasteiger partial charge in [-0.15, -0.1) is 0 Å². The van der Waals surface area contributed by atoms with E-state index in [0.29, 0.717) is 47.3 Å². The fourth-order valence-corrected chi connectivity index (χ4v) is 3.94. The van der Waals surface area contributed by atoms with Crippen molar-refractivity contribution in [2.75, 3.05) is 0 Å². The van der Waals surface area contributed by atoms with Gasteiger partial charge in [0.05, 0.1) is 5.02 Å². The van der Waals surface area contributed by atoms with Gasteiger partial charge in [-0.25, -0.2) is 0 Å². The van der Waals surface area contributed by atoms with Crippen LogP contribution in [0, 0.1) is 5.92 Å². The van der Waals surface area contributed by atoms with E-state index in [-0.39, 0.29) is 5.78 Å². The quantitative estimate of drug-likeness (QED) is 0.770. The zero-order valence-electron chi connectivity index (χ0n) is 14.5. The van der Waals surface area contributed by atoms with Gasteiger partial charge in [0.1, 0.15) is 11.1 Å². The summed E-state index contributed by atoms with van der Waals surface area (Å²) >= 11 is 6.37. The average molecular weight is 360 g/mol. The van der Waals surface area contributed by atoms with Gasteiger partial charge in [0.15, 0.2) is 0 Å². The van der Waals surface area contributed by atoms with Crippen molar-refractivity contribution < 1.29 is 14.7 Å². The Kier molecular flexibility index (Phi) is 4.74. The Morgan fingerprint density at radius 3 is 2.56 bits per heavy atom. The largest absolute Gasteiger partial charge is 0.481 e. The van der Waals surface area contributed by atoms with E-state index in [1.165, 1.54) is 0 Å². The molecule has 1 unspecified atom stereocenters. The lowest BCUT2D eigenvalue weighted by atomic mass is 9.78. The van der Waals surface area contributed by atoms with E-state index in [2.05, 4.69) is 13.8 Å². The number of aliphatic carboxylic acids is 1. The smallest absolute Gasteiger partial charge is 0.315 e. The van der Waals surface area contributed by atoms with Crippen molar-refractivity contribution in [2.45, 2.75) is 45.1 Å². The molecule has 1 aromatic heterocycles. The van der Waals surface area contributed by atoms with E-state index >= 15 is 0 Å². The van der Waals surface area contributed by atoms with Gasteiger partial charge in [0, 0.05) is 17.8 Å². The molecule has 0 aliphatic carbocycles. The van der Waals surface area contributed by atoms with Gasteiger partial charge in [0.2, 0.25) is 5.78 Å². The van der Waals surface area contributed by atoms with Crippen LogP contribution in [-0.2, 0) is 16.8 Å². The Morgan fingerprint density at radius 2 is 1.96 bits per heavy atom. The number of carboxylic acids is 1. The number of benzene rings is 1. The Morgan fingerprint density at radius 1 is 1.28 bits per heavy atom. The number of ketones is 1. The predicted octanol–water partition coefficient (Wildman–Crippen LogP) is 4.53. The molecule has 5 heteroatoms. The van der Waals surface area contributed by atoms with Crippen molar-refractivity contribution in [3.05, 3.63) is 58.4 Å². The molecule has 132 valence electrons. The minimum Gasteiger partial charge on any atom is -0.481 e. The summed E-state index contributed by atoms with van der Waals surface area (Å²) in [6.45, 7) is 4.67. The highest BCUT2D eigenvalue weighted by Gasteiger charge is 2.47. The monoisotopic (exact) mass is 359 g/mol. The molecule has 0 spiro atoms. The summed E-state index contributed by atoms with van der Waals surface area (Å²) in [4.78, 5) is 25.0. The van der Waals surface area contributed by atoms with Crippen molar-refractivity contribution in [3.8, 4) is 0 Å². The van der Waals surface area contributed by atoms with Crippen molar-refractivity contribution in [1.29, 1.82) is 0 Å². The van der Waals surface area contributed by atoms with Crippen LogP contribution in [0.25, 0.3) is 0 Å². The first-order valence-corrected chi connectivity index (χ1v) is 8.97. The van der Waals surface area contributed by atoms with Crippen molar-refractivity contribution >= 4 is 23.4 Å². The molecule has 4 nitrogen and oxygen atoms in total. The molecule has 1 aliphatic rings. The minimum atomic E-state index is -0.955. The molecule has 2 heterocycles. The minimum absolute atomic E-state index is 0.165. The van der Waals surface area contributed by atoms with E-state index in [9.17, 15) is 14.7 Å². The molecule has 1 aromatic carbocycles. The van der Waals surface area contributed by atoms with Crippen LogP contribution in [0.2, 0.25) is 5.02 Å². The number of fused-ring (bicyclic) bond motifs is 1. The van der Waals surface area contributed by atoms with Gasteiger partial charge in [-0.1, -0.05) is 55.8 Å². The second-order valence-corrected chi connectivity index (χ2v) is 7.55. The second kappa shape index (κ2) is 6.68. The molecular weight excluding hydrogens is 338 g/mol. The fourth-order valence-electron chi connectivity index (χ4n) is 3.64. The standard InChI is InChI=1S/C20H22ClNO3/c1-13(2)8-9-20(19(24)25)10-11-22-16(20)12-15(21)17(22)18(23)14-6-4-3-5-7-14/h3-7,12-13H,8-11H2,1-2H3,(H,24,25). The summed E-state index contributed by atoms with van der Waals surface area (Å²) in [5, 5.41) is 10.3. The van der Waals surface area contributed by atoms with Crippen LogP contribution in [0.15, 0.2) is 36.4 Å². The number of carbonyl (C=O) groups excluding carboxylic acids is 1. The summed E-state index contributed by atoms with van der Waals surface area (Å²) in [6, 6.07) is 10.6. The first-order valence-electron chi connectivity index (χ1n) is 8.59. The third-order valence-corrected chi connectivity index (χ3v) is 5.40. The van der Waals surface area contributed by atoms with Crippen LogP contribution < -0.4 is 0 Å². The zero-order valence-corrected chi connectivity index (χ0v) is 15.2. The third-order valence-electron chi connectivity index (χ3n) is 5.11. The van der Waals surface area contributed by atoms with Crippen LogP contribution in [0.5, 0.6) is 0 Å². The van der Waals surface area contributed by atoms with Gasteiger partial charge in [0.25, 0.3) is 0 Å². The van der Waals surface area contributed by atoms with Crippen LogP contribution >= 0.6 is 11.6 Å². The number of hydrogen-bond donors (Lipinski definition) is 1. The number of carboxylic acid groups (broad SMARTS) is 1. The molecule has 0 saturated heterocycles. The Labute approximate surface area is 152 Å². The van der Waals surface area contributed by atoms with Crippen molar-refractivity contribution in [1.82, 2.24) is 4.57 Å². The van der Waals surface area contributed by atoms with Gasteiger partial charge >= 0.3 is 5.97 Å². The number of carbonyl (C=O) groups is 2. The number of aromatic nitrogens is 1. The lowest BCUT2D eigenvalue weighted by molar-refractivity contribution is -0.144. The lowest BCUT2D eigenvalue weighted by Gasteiger charge is -2.24. The highest BCUT2D eigenvalue weighted by atomic mass is 35.5. The van der Waals surface area contributed by atoms with Crippen molar-refractivity contribution in [3.63, 3.8) is 0 Å².